The second-order valence-corrected chi connectivity index (χ2v) is 14.8. The van der Waals surface area contributed by atoms with Crippen LogP contribution >= 0.6 is 0 Å². The van der Waals surface area contributed by atoms with Gasteiger partial charge in [0.2, 0.25) is 0 Å². The average Bonchev–Trinajstić information content (AvgIpc) is 3.19. The fourth-order valence-corrected chi connectivity index (χ4v) is 7.35. The average molecular weight is 727 g/mol. The summed E-state index contributed by atoms with van der Waals surface area (Å²) in [6.45, 7) is 2.95. The highest BCUT2D eigenvalue weighted by molar-refractivity contribution is 5.70. The number of aliphatic hydroxyl groups excluding tert-OH is 1. The van der Waals surface area contributed by atoms with Gasteiger partial charge in [0.1, 0.15) is 0 Å². The van der Waals surface area contributed by atoms with Crippen molar-refractivity contribution in [2.75, 3.05) is 6.61 Å². The van der Waals surface area contributed by atoms with Gasteiger partial charge in [-0.3, -0.25) is 4.79 Å². The lowest BCUT2D eigenvalue weighted by Crippen LogP contribution is -2.38. The molecule has 0 radical (unpaired) electrons. The molecular formula is C47H66O6. The highest BCUT2D eigenvalue weighted by atomic mass is 16.7. The third-order valence-electron chi connectivity index (χ3n) is 10.4. The number of unbranched alkanes of at least 4 members (excludes halogenated alkanes) is 11. The van der Waals surface area contributed by atoms with Crippen LogP contribution in [-0.2, 0) is 24.6 Å². The first-order valence-electron chi connectivity index (χ1n) is 20.7. The van der Waals surface area contributed by atoms with Gasteiger partial charge in [0.05, 0.1) is 18.6 Å². The van der Waals surface area contributed by atoms with Gasteiger partial charge in [-0.05, 0) is 68.1 Å². The van der Waals surface area contributed by atoms with Gasteiger partial charge in [-0.25, -0.2) is 0 Å². The van der Waals surface area contributed by atoms with Gasteiger partial charge in [0, 0.05) is 13.0 Å². The first kappa shape index (κ1) is 42.5. The molecule has 0 bridgehead atoms. The van der Waals surface area contributed by atoms with Crippen molar-refractivity contribution >= 4 is 5.97 Å². The maximum atomic E-state index is 13.7. The van der Waals surface area contributed by atoms with Gasteiger partial charge in [0.25, 0.3) is 0 Å². The van der Waals surface area contributed by atoms with Crippen LogP contribution < -0.4 is 0 Å². The predicted molar refractivity (Wildman–Crippen MR) is 214 cm³/mol. The highest BCUT2D eigenvalue weighted by Gasteiger charge is 2.44. The van der Waals surface area contributed by atoms with Crippen molar-refractivity contribution in [3.05, 3.63) is 120 Å². The Kier molecular flexibility index (Phi) is 20.0. The van der Waals surface area contributed by atoms with E-state index in [2.05, 4.69) is 19.1 Å². The van der Waals surface area contributed by atoms with Crippen molar-refractivity contribution in [1.82, 2.24) is 0 Å². The zero-order chi connectivity index (χ0) is 37.4. The molecule has 3 aromatic carbocycles. The van der Waals surface area contributed by atoms with Gasteiger partial charge >= 0.3 is 5.97 Å². The van der Waals surface area contributed by atoms with E-state index >= 15 is 0 Å². The minimum absolute atomic E-state index is 0.208. The number of aliphatic hydroxyl groups is 2. The number of ether oxygens (including phenoxy) is 3. The molecule has 0 saturated carbocycles. The number of hydrogen-bond donors (Lipinski definition) is 2. The molecule has 4 rings (SSSR count). The van der Waals surface area contributed by atoms with Crippen LogP contribution in [0.1, 0.15) is 152 Å². The minimum atomic E-state index is -1.67. The van der Waals surface area contributed by atoms with E-state index in [9.17, 15) is 15.0 Å². The zero-order valence-electron chi connectivity index (χ0n) is 32.3. The van der Waals surface area contributed by atoms with Crippen LogP contribution in [0.15, 0.2) is 103 Å². The standard InChI is InChI=1S/C47H66O6/c1-2-3-4-5-6-7-8-9-10-11-12-13-14-15-25-34-43(52-45-35-26-27-36-51-45)37-42(48)38-44(49)53-46(39-28-19-16-20-29-39)47(50,40-30-21-17-22-31-40)41-32-23-18-24-33-41/h9-10,16-24,28-33,42-43,45-46,48,50H,2-8,11-15,25-27,34-38H2,1H3/b10-9-/t42-,43-,45+,46?/m0/s1. The third kappa shape index (κ3) is 15.2. The molecule has 4 atom stereocenters. The Morgan fingerprint density at radius 3 is 1.89 bits per heavy atom. The van der Waals surface area contributed by atoms with Crippen LogP contribution in [0.2, 0.25) is 0 Å². The number of rotatable bonds is 26. The van der Waals surface area contributed by atoms with E-state index in [-0.39, 0.29) is 18.8 Å². The van der Waals surface area contributed by atoms with Crippen LogP contribution in [0, 0.1) is 0 Å². The first-order chi connectivity index (χ1) is 26.0. The van der Waals surface area contributed by atoms with Gasteiger partial charge < -0.3 is 24.4 Å². The summed E-state index contributed by atoms with van der Waals surface area (Å²) in [7, 11) is 0. The van der Waals surface area contributed by atoms with Gasteiger partial charge in [0.15, 0.2) is 18.0 Å². The summed E-state index contributed by atoms with van der Waals surface area (Å²) in [5.74, 6) is -0.578. The summed E-state index contributed by atoms with van der Waals surface area (Å²) >= 11 is 0. The zero-order valence-corrected chi connectivity index (χ0v) is 32.3. The molecule has 1 fully saturated rings. The quantitative estimate of drug-likeness (QED) is 0.0487. The monoisotopic (exact) mass is 726 g/mol. The van der Waals surface area contributed by atoms with E-state index in [0.717, 1.165) is 44.9 Å². The molecule has 2 N–H and O–H groups in total. The van der Waals surface area contributed by atoms with E-state index in [4.69, 9.17) is 14.2 Å². The number of benzene rings is 3. The first-order valence-corrected chi connectivity index (χ1v) is 20.7. The van der Waals surface area contributed by atoms with Crippen molar-refractivity contribution in [2.24, 2.45) is 0 Å². The number of esters is 1. The lowest BCUT2D eigenvalue weighted by atomic mass is 9.79. The molecule has 3 aromatic rings. The number of carbonyl (C=O) groups is 1. The molecule has 6 heteroatoms. The van der Waals surface area contributed by atoms with E-state index < -0.39 is 23.8 Å². The molecule has 1 aliphatic heterocycles. The molecule has 1 unspecified atom stereocenters. The van der Waals surface area contributed by atoms with Crippen LogP contribution in [0.25, 0.3) is 0 Å². The predicted octanol–water partition coefficient (Wildman–Crippen LogP) is 11.3. The fraction of sp³-hybridized carbons (Fsp3) is 0.553. The van der Waals surface area contributed by atoms with E-state index in [1.54, 1.807) is 0 Å². The summed E-state index contributed by atoms with van der Waals surface area (Å²) < 4.78 is 18.5. The Hall–Kier alpha value is -3.29. The summed E-state index contributed by atoms with van der Waals surface area (Å²) in [6, 6.07) is 27.9. The van der Waals surface area contributed by atoms with Crippen LogP contribution in [-0.4, -0.2) is 41.3 Å². The maximum Gasteiger partial charge on any atom is 0.309 e. The molecule has 0 aliphatic carbocycles. The third-order valence-corrected chi connectivity index (χ3v) is 10.4. The Labute approximate surface area is 320 Å². The Balaban J connectivity index is 1.29. The SMILES string of the molecule is CCCCCCCC/C=C\CCCCCCC[C@@H](C[C@H](O)CC(=O)OC(c1ccccc1)C(O)(c1ccccc1)c1ccccc1)O[C@@H]1CCCCO1. The molecule has 1 aliphatic rings. The lowest BCUT2D eigenvalue weighted by molar-refractivity contribution is -0.195. The van der Waals surface area contributed by atoms with Gasteiger partial charge in [-0.1, -0.05) is 168 Å². The molecule has 0 amide bonds. The van der Waals surface area contributed by atoms with Crippen molar-refractivity contribution in [3.8, 4) is 0 Å². The van der Waals surface area contributed by atoms with Gasteiger partial charge in [-0.2, -0.15) is 0 Å². The van der Waals surface area contributed by atoms with E-state index in [0.29, 0.717) is 29.7 Å². The summed E-state index contributed by atoms with van der Waals surface area (Å²) in [4.78, 5) is 13.7. The largest absolute Gasteiger partial charge is 0.454 e. The molecule has 53 heavy (non-hydrogen) atoms. The van der Waals surface area contributed by atoms with Crippen LogP contribution in [0.3, 0.4) is 0 Å². The Morgan fingerprint density at radius 2 is 1.32 bits per heavy atom. The highest BCUT2D eigenvalue weighted by Crippen LogP contribution is 2.43. The normalized spacial score (nSPS) is 16.7. The van der Waals surface area contributed by atoms with Crippen molar-refractivity contribution in [1.29, 1.82) is 0 Å². The summed E-state index contributed by atoms with van der Waals surface area (Å²) in [5.41, 5.74) is 0.201. The number of carbonyl (C=O) groups excluding carboxylic acids is 1. The molecule has 1 heterocycles. The molecule has 290 valence electrons. The van der Waals surface area contributed by atoms with Crippen molar-refractivity contribution < 1.29 is 29.2 Å². The summed E-state index contributed by atoms with van der Waals surface area (Å²) in [5, 5.41) is 23.8. The fourth-order valence-electron chi connectivity index (χ4n) is 7.35. The van der Waals surface area contributed by atoms with Crippen molar-refractivity contribution in [2.45, 2.75) is 159 Å². The van der Waals surface area contributed by atoms with Crippen molar-refractivity contribution in [3.63, 3.8) is 0 Å². The minimum Gasteiger partial charge on any atom is -0.454 e. The molecular weight excluding hydrogens is 661 g/mol. The second kappa shape index (κ2) is 24.9. The van der Waals surface area contributed by atoms with E-state index in [1.807, 2.05) is 91.0 Å². The topological polar surface area (TPSA) is 85.2 Å². The van der Waals surface area contributed by atoms with Crippen LogP contribution in [0.5, 0.6) is 0 Å². The Bertz CT molecular complexity index is 1350. The number of allylic oxidation sites excluding steroid dienone is 2. The second-order valence-electron chi connectivity index (χ2n) is 14.8. The molecule has 0 spiro atoms. The smallest absolute Gasteiger partial charge is 0.309 e. The molecule has 6 nitrogen and oxygen atoms in total. The maximum absolute atomic E-state index is 13.7. The molecule has 1 saturated heterocycles. The number of hydrogen-bond acceptors (Lipinski definition) is 6. The Morgan fingerprint density at radius 1 is 0.774 bits per heavy atom. The van der Waals surface area contributed by atoms with E-state index in [1.165, 1.54) is 64.2 Å². The lowest BCUT2D eigenvalue weighted by Gasteiger charge is -2.37. The van der Waals surface area contributed by atoms with Gasteiger partial charge in [-0.15, -0.1) is 0 Å². The van der Waals surface area contributed by atoms with Crippen LogP contribution in [0.4, 0.5) is 0 Å². The molecule has 0 aromatic heterocycles. The summed E-state index contributed by atoms with van der Waals surface area (Å²) in [6.07, 6.45) is 22.3.